The number of hydrogen-bond acceptors (Lipinski definition) is 6. The summed E-state index contributed by atoms with van der Waals surface area (Å²) in [6, 6.07) is 20.2. The van der Waals surface area contributed by atoms with Gasteiger partial charge in [-0.25, -0.2) is 9.97 Å². The van der Waals surface area contributed by atoms with Gasteiger partial charge < -0.3 is 25.3 Å². The lowest BCUT2D eigenvalue weighted by molar-refractivity contribution is -0.137. The van der Waals surface area contributed by atoms with Gasteiger partial charge in [0.05, 0.1) is 24.3 Å². The van der Waals surface area contributed by atoms with Gasteiger partial charge in [0.25, 0.3) is 5.91 Å². The average Bonchev–Trinajstić information content (AvgIpc) is 3.40. The van der Waals surface area contributed by atoms with Gasteiger partial charge in [-0.05, 0) is 53.6 Å². The molecular weight excluding hydrogens is 533 g/mol. The summed E-state index contributed by atoms with van der Waals surface area (Å²) in [4.78, 5) is 23.3. The van der Waals surface area contributed by atoms with Crippen molar-refractivity contribution in [1.82, 2.24) is 14.5 Å². The van der Waals surface area contributed by atoms with Crippen molar-refractivity contribution in [1.29, 1.82) is 0 Å². The minimum Gasteiger partial charge on any atom is -0.384 e. The molecule has 11 heteroatoms. The lowest BCUT2D eigenvalue weighted by Gasteiger charge is -2.29. The van der Waals surface area contributed by atoms with E-state index in [1.54, 1.807) is 29.2 Å². The maximum absolute atomic E-state index is 13.7. The molecule has 208 valence electrons. The number of nitrogens with two attached hydrogens (primary N) is 1. The normalized spacial score (nSPS) is 13.9. The Hall–Kier alpha value is -4.90. The minimum atomic E-state index is -4.59. The number of amides is 1. The van der Waals surface area contributed by atoms with E-state index < -0.39 is 17.6 Å². The van der Waals surface area contributed by atoms with E-state index in [-0.39, 0.29) is 5.56 Å². The third kappa shape index (κ3) is 5.57. The van der Waals surface area contributed by atoms with Crippen LogP contribution in [0.25, 0.3) is 27.8 Å². The Bertz CT molecular complexity index is 1740. The molecule has 6 rings (SSSR count). The van der Waals surface area contributed by atoms with Gasteiger partial charge in [-0.1, -0.05) is 24.3 Å². The first kappa shape index (κ1) is 26.3. The van der Waals surface area contributed by atoms with Gasteiger partial charge in [0.2, 0.25) is 0 Å². The summed E-state index contributed by atoms with van der Waals surface area (Å²) < 4.78 is 48.3. The van der Waals surface area contributed by atoms with Crippen molar-refractivity contribution < 1.29 is 22.7 Å². The number of fused-ring (bicyclic) bond motifs is 1. The largest absolute Gasteiger partial charge is 0.416 e. The Morgan fingerprint density at radius 3 is 2.51 bits per heavy atom. The van der Waals surface area contributed by atoms with Crippen molar-refractivity contribution in [2.24, 2.45) is 0 Å². The first-order valence-electron chi connectivity index (χ1n) is 12.9. The number of nitrogens with zero attached hydrogens (tertiary/aromatic N) is 4. The van der Waals surface area contributed by atoms with Gasteiger partial charge in [-0.2, -0.15) is 13.2 Å². The fraction of sp³-hybridized carbons (Fsp3) is 0.167. The third-order valence-corrected chi connectivity index (χ3v) is 6.95. The molecule has 0 radical (unpaired) electrons. The second-order valence-corrected chi connectivity index (χ2v) is 9.66. The molecule has 8 nitrogen and oxygen atoms in total. The van der Waals surface area contributed by atoms with Crippen LogP contribution < -0.4 is 16.0 Å². The lowest BCUT2D eigenvalue weighted by atomic mass is 10.0. The molecule has 0 unspecified atom stereocenters. The van der Waals surface area contributed by atoms with Crippen LogP contribution >= 0.6 is 0 Å². The van der Waals surface area contributed by atoms with Gasteiger partial charge in [-0.3, -0.25) is 4.79 Å². The van der Waals surface area contributed by atoms with E-state index in [0.29, 0.717) is 49.3 Å². The fourth-order valence-electron chi connectivity index (χ4n) is 4.89. The predicted molar refractivity (Wildman–Crippen MR) is 151 cm³/mol. The zero-order valence-corrected chi connectivity index (χ0v) is 21.7. The Balaban J connectivity index is 1.29. The van der Waals surface area contributed by atoms with Crippen molar-refractivity contribution in [3.63, 3.8) is 0 Å². The van der Waals surface area contributed by atoms with E-state index in [1.807, 2.05) is 41.1 Å². The number of nitrogens with one attached hydrogen (secondary N) is 1. The van der Waals surface area contributed by atoms with Crippen LogP contribution in [-0.4, -0.2) is 46.7 Å². The smallest absolute Gasteiger partial charge is 0.384 e. The molecule has 1 aliphatic heterocycles. The number of aromatic nitrogens is 3. The van der Waals surface area contributed by atoms with Crippen LogP contribution in [0.15, 0.2) is 85.3 Å². The van der Waals surface area contributed by atoms with Crippen LogP contribution in [0.2, 0.25) is 0 Å². The molecule has 5 aromatic rings. The van der Waals surface area contributed by atoms with Gasteiger partial charge in [0, 0.05) is 47.7 Å². The number of rotatable bonds is 5. The fourth-order valence-corrected chi connectivity index (χ4v) is 4.89. The standard InChI is InChI=1S/C30H25F3N6O2/c31-30(32,33)23-12-22(14-25(16-23)38-8-10-41-11-9-38)29(40)37-24-3-1-2-20(13-24)21-5-4-19-6-7-39(26(19)15-21)28-17-27(34)35-18-36-28/h1-7,12-18H,8-11H2,(H,37,40)(H2,34,35,36). The van der Waals surface area contributed by atoms with E-state index in [0.717, 1.165) is 34.2 Å². The number of benzene rings is 3. The minimum absolute atomic E-state index is 0.0740. The monoisotopic (exact) mass is 558 g/mol. The molecule has 1 saturated heterocycles. The average molecular weight is 559 g/mol. The Morgan fingerprint density at radius 1 is 0.927 bits per heavy atom. The number of anilines is 3. The van der Waals surface area contributed by atoms with Crippen molar-refractivity contribution in [3.05, 3.63) is 96.4 Å². The highest BCUT2D eigenvalue weighted by Crippen LogP contribution is 2.34. The highest BCUT2D eigenvalue weighted by molar-refractivity contribution is 6.05. The number of halogens is 3. The molecule has 0 saturated carbocycles. The van der Waals surface area contributed by atoms with Crippen molar-refractivity contribution in [3.8, 4) is 16.9 Å². The van der Waals surface area contributed by atoms with E-state index in [4.69, 9.17) is 10.5 Å². The number of ether oxygens (including phenoxy) is 1. The highest BCUT2D eigenvalue weighted by Gasteiger charge is 2.32. The van der Waals surface area contributed by atoms with Gasteiger partial charge >= 0.3 is 6.18 Å². The molecule has 41 heavy (non-hydrogen) atoms. The molecule has 0 atom stereocenters. The highest BCUT2D eigenvalue weighted by atomic mass is 19.4. The number of hydrogen-bond donors (Lipinski definition) is 2. The van der Waals surface area contributed by atoms with Crippen LogP contribution in [0.5, 0.6) is 0 Å². The van der Waals surface area contributed by atoms with Crippen LogP contribution in [0.4, 0.5) is 30.4 Å². The summed E-state index contributed by atoms with van der Waals surface area (Å²) in [5.74, 6) is 0.353. The maximum Gasteiger partial charge on any atom is 0.416 e. The molecule has 3 N–H and O–H groups in total. The molecular formula is C30H25F3N6O2. The van der Waals surface area contributed by atoms with Crippen molar-refractivity contribution in [2.45, 2.75) is 6.18 Å². The number of alkyl halides is 3. The van der Waals surface area contributed by atoms with Crippen LogP contribution in [0.1, 0.15) is 15.9 Å². The molecule has 0 spiro atoms. The topological polar surface area (TPSA) is 98.3 Å². The van der Waals surface area contributed by atoms with Crippen molar-refractivity contribution in [2.75, 3.05) is 42.3 Å². The Morgan fingerprint density at radius 2 is 1.73 bits per heavy atom. The first-order chi connectivity index (χ1) is 19.7. The Kier molecular flexibility index (Phi) is 6.80. The van der Waals surface area contributed by atoms with Gasteiger partial charge in [0.1, 0.15) is 18.0 Å². The molecule has 0 aliphatic carbocycles. The zero-order valence-electron chi connectivity index (χ0n) is 21.7. The van der Waals surface area contributed by atoms with E-state index in [1.165, 1.54) is 12.4 Å². The number of morpholine rings is 1. The second-order valence-electron chi connectivity index (χ2n) is 9.66. The molecule has 3 aromatic carbocycles. The summed E-state index contributed by atoms with van der Waals surface area (Å²) in [5.41, 5.74) is 8.28. The van der Waals surface area contributed by atoms with Gasteiger partial charge in [0.15, 0.2) is 0 Å². The van der Waals surface area contributed by atoms with E-state index >= 15 is 0 Å². The number of nitrogen functional groups attached to an aromatic ring is 1. The van der Waals surface area contributed by atoms with Crippen LogP contribution in [-0.2, 0) is 10.9 Å². The molecule has 1 amide bonds. The lowest BCUT2D eigenvalue weighted by Crippen LogP contribution is -2.36. The summed E-state index contributed by atoms with van der Waals surface area (Å²) in [5, 5.41) is 3.76. The SMILES string of the molecule is Nc1cc(-n2ccc3ccc(-c4cccc(NC(=O)c5cc(N6CCOCC6)cc(C(F)(F)F)c5)c4)cc32)ncn1. The summed E-state index contributed by atoms with van der Waals surface area (Å²) in [6.07, 6.45) is -1.29. The van der Waals surface area contributed by atoms with Crippen molar-refractivity contribution >= 4 is 34.0 Å². The number of carbonyl (C=O) groups excluding carboxylic acids is 1. The van der Waals surface area contributed by atoms with Gasteiger partial charge in [-0.15, -0.1) is 0 Å². The Labute approximate surface area is 233 Å². The second kappa shape index (κ2) is 10.6. The first-order valence-corrected chi connectivity index (χ1v) is 12.9. The molecule has 3 heterocycles. The maximum atomic E-state index is 13.7. The quantitative estimate of drug-likeness (QED) is 0.284. The van der Waals surface area contributed by atoms with E-state index in [2.05, 4.69) is 15.3 Å². The van der Waals surface area contributed by atoms with Crippen LogP contribution in [0, 0.1) is 0 Å². The van der Waals surface area contributed by atoms with E-state index in [9.17, 15) is 18.0 Å². The molecule has 0 bridgehead atoms. The van der Waals surface area contributed by atoms with Crippen LogP contribution in [0.3, 0.4) is 0 Å². The number of carbonyl (C=O) groups is 1. The molecule has 1 fully saturated rings. The third-order valence-electron chi connectivity index (χ3n) is 6.95. The summed E-state index contributed by atoms with van der Waals surface area (Å²) >= 11 is 0. The predicted octanol–water partition coefficient (Wildman–Crippen LogP) is 5.78. The summed E-state index contributed by atoms with van der Waals surface area (Å²) in [7, 11) is 0. The zero-order chi connectivity index (χ0) is 28.6. The summed E-state index contributed by atoms with van der Waals surface area (Å²) in [6.45, 7) is 1.72. The molecule has 1 aliphatic rings. The molecule has 2 aromatic heterocycles.